The van der Waals surface area contributed by atoms with Crippen LogP contribution in [0.5, 0.6) is 0 Å². The van der Waals surface area contributed by atoms with Crippen molar-refractivity contribution in [3.8, 4) is 22.6 Å². The Morgan fingerprint density at radius 3 is 2.65 bits per heavy atom. The van der Waals surface area contributed by atoms with E-state index in [4.69, 9.17) is 16.2 Å². The maximum Gasteiger partial charge on any atom is 0.269 e. The summed E-state index contributed by atoms with van der Waals surface area (Å²) < 4.78 is 4.98. The fourth-order valence-corrected chi connectivity index (χ4v) is 3.54. The van der Waals surface area contributed by atoms with Crippen LogP contribution >= 0.6 is 0 Å². The number of methoxy groups -OCH3 is 1. The predicted molar refractivity (Wildman–Crippen MR) is 116 cm³/mol. The summed E-state index contributed by atoms with van der Waals surface area (Å²) in [5.74, 6) is -0.869. The fourth-order valence-electron chi connectivity index (χ4n) is 3.54. The number of ketones is 1. The summed E-state index contributed by atoms with van der Waals surface area (Å²) in [4.78, 5) is 33.7. The Balaban J connectivity index is 2.03. The Hall–Kier alpha value is -4.11. The molecule has 2 aromatic heterocycles. The highest BCUT2D eigenvalue weighted by Gasteiger charge is 2.23. The van der Waals surface area contributed by atoms with Crippen molar-refractivity contribution in [1.82, 2.24) is 20.2 Å². The van der Waals surface area contributed by atoms with Crippen LogP contribution in [0.2, 0.25) is 0 Å². The molecule has 0 saturated heterocycles. The number of nitrogens with one attached hydrogen (secondary N) is 1. The van der Waals surface area contributed by atoms with Crippen molar-refractivity contribution in [2.45, 2.75) is 6.92 Å². The van der Waals surface area contributed by atoms with Gasteiger partial charge in [0.15, 0.2) is 17.3 Å². The van der Waals surface area contributed by atoms with Gasteiger partial charge in [-0.2, -0.15) is 5.10 Å². The van der Waals surface area contributed by atoms with E-state index in [1.165, 1.54) is 7.11 Å². The van der Waals surface area contributed by atoms with E-state index in [2.05, 4.69) is 20.2 Å². The molecular formula is C22H20N6O3. The van der Waals surface area contributed by atoms with E-state index in [0.29, 0.717) is 22.4 Å². The number of nitrogens with zero attached hydrogens (tertiary/aromatic N) is 3. The largest absolute Gasteiger partial charge is 0.395 e. The molecule has 0 atom stereocenters. The van der Waals surface area contributed by atoms with E-state index in [1.54, 1.807) is 30.5 Å². The molecule has 0 bridgehead atoms. The van der Waals surface area contributed by atoms with Gasteiger partial charge in [0.05, 0.1) is 23.1 Å². The number of hydrogen-bond acceptors (Lipinski definition) is 7. The number of amides is 1. The number of primary amides is 1. The van der Waals surface area contributed by atoms with Gasteiger partial charge in [-0.25, -0.2) is 9.97 Å². The smallest absolute Gasteiger partial charge is 0.269 e. The van der Waals surface area contributed by atoms with Crippen LogP contribution in [0.15, 0.2) is 42.6 Å². The quantitative estimate of drug-likeness (QED) is 0.409. The Morgan fingerprint density at radius 2 is 1.90 bits per heavy atom. The first-order valence-electron chi connectivity index (χ1n) is 9.44. The summed E-state index contributed by atoms with van der Waals surface area (Å²) in [5.41, 5.74) is 15.3. The summed E-state index contributed by atoms with van der Waals surface area (Å²) in [6.45, 7) is 1.80. The number of nitrogen functional groups attached to an aromatic ring is 1. The topological polar surface area (TPSA) is 150 Å². The highest BCUT2D eigenvalue weighted by Crippen LogP contribution is 2.36. The Bertz CT molecular complexity index is 1330. The number of nitrogens with two attached hydrogens (primary N) is 2. The van der Waals surface area contributed by atoms with Crippen LogP contribution < -0.4 is 11.5 Å². The fraction of sp³-hybridized carbons (Fsp3) is 0.136. The zero-order valence-electron chi connectivity index (χ0n) is 17.0. The third-order valence-electron chi connectivity index (χ3n) is 4.99. The second-order valence-corrected chi connectivity index (χ2v) is 7.01. The van der Waals surface area contributed by atoms with Crippen LogP contribution in [0, 0.1) is 6.92 Å². The van der Waals surface area contributed by atoms with E-state index in [1.807, 2.05) is 19.1 Å². The van der Waals surface area contributed by atoms with Crippen LogP contribution in [0.1, 0.15) is 26.4 Å². The normalized spacial score (nSPS) is 11.0. The van der Waals surface area contributed by atoms with Crippen molar-refractivity contribution in [2.24, 2.45) is 5.73 Å². The van der Waals surface area contributed by atoms with Crippen LogP contribution in [0.25, 0.3) is 33.5 Å². The van der Waals surface area contributed by atoms with E-state index >= 15 is 0 Å². The molecule has 0 unspecified atom stereocenters. The molecule has 0 radical (unpaired) electrons. The van der Waals surface area contributed by atoms with Crippen molar-refractivity contribution >= 4 is 28.3 Å². The average Bonchev–Trinajstić information content (AvgIpc) is 3.23. The molecule has 0 aliphatic carbocycles. The summed E-state index contributed by atoms with van der Waals surface area (Å²) in [7, 11) is 1.44. The van der Waals surface area contributed by atoms with Gasteiger partial charge in [-0.05, 0) is 18.6 Å². The van der Waals surface area contributed by atoms with Gasteiger partial charge in [-0.3, -0.25) is 14.7 Å². The van der Waals surface area contributed by atoms with Crippen molar-refractivity contribution in [3.63, 3.8) is 0 Å². The minimum atomic E-state index is -0.792. The van der Waals surface area contributed by atoms with Crippen molar-refractivity contribution in [2.75, 3.05) is 19.5 Å². The lowest BCUT2D eigenvalue weighted by molar-refractivity contribution is 0.0848. The number of carbonyl (C=O) groups is 2. The number of H-pyrrole nitrogens is 1. The first-order valence-corrected chi connectivity index (χ1v) is 9.44. The van der Waals surface area contributed by atoms with Crippen LogP contribution in [-0.2, 0) is 4.74 Å². The van der Waals surface area contributed by atoms with Gasteiger partial charge < -0.3 is 16.2 Å². The Kier molecular flexibility index (Phi) is 5.18. The van der Waals surface area contributed by atoms with Gasteiger partial charge >= 0.3 is 0 Å². The predicted octanol–water partition coefficient (Wildman–Crippen LogP) is 2.51. The highest BCUT2D eigenvalue weighted by molar-refractivity contribution is 6.05. The van der Waals surface area contributed by atoms with Crippen molar-refractivity contribution < 1.29 is 14.3 Å². The molecule has 0 aliphatic rings. The molecule has 0 spiro atoms. The second-order valence-electron chi connectivity index (χ2n) is 7.01. The average molecular weight is 416 g/mol. The maximum atomic E-state index is 12.6. The molecule has 31 heavy (non-hydrogen) atoms. The van der Waals surface area contributed by atoms with Crippen molar-refractivity contribution in [1.29, 1.82) is 0 Å². The van der Waals surface area contributed by atoms with E-state index in [0.717, 1.165) is 16.5 Å². The lowest BCUT2D eigenvalue weighted by Crippen LogP contribution is -2.18. The van der Waals surface area contributed by atoms with Crippen LogP contribution in [0.3, 0.4) is 0 Å². The van der Waals surface area contributed by atoms with E-state index in [9.17, 15) is 9.59 Å². The molecular weight excluding hydrogens is 396 g/mol. The highest BCUT2D eigenvalue weighted by atomic mass is 16.5. The molecule has 4 rings (SSSR count). The number of aromatic nitrogens is 4. The number of ether oxygens (including phenoxy) is 1. The number of Topliss-reactive ketones (excluding diaryl/α,β-unsaturated/α-hetero) is 1. The molecule has 9 nitrogen and oxygen atoms in total. The minimum absolute atomic E-state index is 0.0637. The van der Waals surface area contributed by atoms with Gasteiger partial charge in [0.2, 0.25) is 0 Å². The Morgan fingerprint density at radius 1 is 1.13 bits per heavy atom. The second kappa shape index (κ2) is 7.96. The lowest BCUT2D eigenvalue weighted by Gasteiger charge is -2.15. The number of aromatic amines is 1. The zero-order valence-corrected chi connectivity index (χ0v) is 17.0. The monoisotopic (exact) mass is 416 g/mol. The SMILES string of the molecule is COCC(=O)c1ccccc1-c1nc(C(N)=O)c(N)c(-c2c(C)ccc3[nH]ncc23)n1. The molecule has 1 amide bonds. The van der Waals surface area contributed by atoms with Gasteiger partial charge in [0, 0.05) is 29.2 Å². The first kappa shape index (κ1) is 20.2. The maximum absolute atomic E-state index is 12.6. The summed E-state index contributed by atoms with van der Waals surface area (Å²) in [5, 5.41) is 7.80. The third kappa shape index (κ3) is 3.51. The van der Waals surface area contributed by atoms with Crippen LogP contribution in [-0.4, -0.2) is 45.6 Å². The number of hydrogen-bond donors (Lipinski definition) is 3. The van der Waals surface area contributed by atoms with Gasteiger partial charge in [-0.15, -0.1) is 0 Å². The summed E-state index contributed by atoms with van der Waals surface area (Å²) >= 11 is 0. The van der Waals surface area contributed by atoms with Gasteiger partial charge in [0.25, 0.3) is 5.91 Å². The van der Waals surface area contributed by atoms with E-state index in [-0.39, 0.29) is 29.6 Å². The number of fused-ring (bicyclic) bond motifs is 1. The van der Waals surface area contributed by atoms with Gasteiger partial charge in [0.1, 0.15) is 6.61 Å². The first-order chi connectivity index (χ1) is 14.9. The summed E-state index contributed by atoms with van der Waals surface area (Å²) in [6, 6.07) is 10.6. The molecule has 9 heteroatoms. The molecule has 2 heterocycles. The number of rotatable bonds is 6. The van der Waals surface area contributed by atoms with Gasteiger partial charge in [-0.1, -0.05) is 30.3 Å². The number of benzene rings is 2. The zero-order chi connectivity index (χ0) is 22.1. The molecule has 0 aliphatic heterocycles. The van der Waals surface area contributed by atoms with Crippen molar-refractivity contribution in [3.05, 3.63) is 59.4 Å². The van der Waals surface area contributed by atoms with E-state index < -0.39 is 5.91 Å². The third-order valence-corrected chi connectivity index (χ3v) is 4.99. The molecule has 4 aromatic rings. The molecule has 2 aromatic carbocycles. The molecule has 5 N–H and O–H groups in total. The number of anilines is 1. The molecule has 0 saturated carbocycles. The minimum Gasteiger partial charge on any atom is -0.395 e. The Labute approximate surface area is 177 Å². The number of carbonyl (C=O) groups excluding carboxylic acids is 2. The number of aryl methyl sites for hydroxylation is 1. The lowest BCUT2D eigenvalue weighted by atomic mass is 9.98. The molecule has 156 valence electrons. The summed E-state index contributed by atoms with van der Waals surface area (Å²) in [6.07, 6.45) is 1.67. The van der Waals surface area contributed by atoms with Crippen LogP contribution in [0.4, 0.5) is 5.69 Å². The standard InChI is InChI=1S/C22H20N6O3/c1-11-7-8-15-14(9-25-28-15)17(11)19-18(23)20(21(24)30)27-22(26-19)13-6-4-3-5-12(13)16(29)10-31-2/h3-9H,10,23H2,1-2H3,(H2,24,30)(H,25,28). The molecule has 0 fully saturated rings.